The van der Waals surface area contributed by atoms with Crippen molar-refractivity contribution >= 4 is 57.7 Å². The molecular formula is C18H15Cl2FN4O3. The van der Waals surface area contributed by atoms with E-state index in [2.05, 4.69) is 15.3 Å². The number of benzene rings is 2. The van der Waals surface area contributed by atoms with Gasteiger partial charge in [-0.2, -0.15) is 0 Å². The molecule has 1 amide bonds. The maximum Gasteiger partial charge on any atom is 0.211 e. The summed E-state index contributed by atoms with van der Waals surface area (Å²) in [6.07, 6.45) is 1.81. The summed E-state index contributed by atoms with van der Waals surface area (Å²) >= 11 is 11.8. The van der Waals surface area contributed by atoms with E-state index in [1.165, 1.54) is 37.6 Å². The van der Waals surface area contributed by atoms with Crippen LogP contribution in [-0.4, -0.2) is 37.6 Å². The van der Waals surface area contributed by atoms with Gasteiger partial charge in [0.05, 0.1) is 40.9 Å². The molecule has 3 rings (SSSR count). The van der Waals surface area contributed by atoms with Gasteiger partial charge in [0, 0.05) is 13.1 Å². The molecule has 7 nitrogen and oxygen atoms in total. The molecule has 1 N–H and O–H groups in total. The van der Waals surface area contributed by atoms with Gasteiger partial charge in [0.2, 0.25) is 6.41 Å². The minimum Gasteiger partial charge on any atom is -0.493 e. The Morgan fingerprint density at radius 1 is 1.21 bits per heavy atom. The Morgan fingerprint density at radius 3 is 2.61 bits per heavy atom. The highest BCUT2D eigenvalue weighted by molar-refractivity contribution is 6.42. The Labute approximate surface area is 170 Å². The first-order chi connectivity index (χ1) is 13.4. The van der Waals surface area contributed by atoms with Crippen LogP contribution in [0.1, 0.15) is 0 Å². The second-order valence-corrected chi connectivity index (χ2v) is 6.38. The summed E-state index contributed by atoms with van der Waals surface area (Å²) in [4.78, 5) is 21.2. The third kappa shape index (κ3) is 3.25. The molecule has 146 valence electrons. The summed E-state index contributed by atoms with van der Waals surface area (Å²) in [6, 6.07) is 4.59. The van der Waals surface area contributed by atoms with Crippen LogP contribution in [0.4, 0.5) is 21.6 Å². The molecule has 0 spiro atoms. The van der Waals surface area contributed by atoms with Crippen LogP contribution in [0.2, 0.25) is 10.0 Å². The first-order valence-corrected chi connectivity index (χ1v) is 8.67. The van der Waals surface area contributed by atoms with Gasteiger partial charge in [-0.1, -0.05) is 23.2 Å². The fourth-order valence-electron chi connectivity index (χ4n) is 2.86. The molecule has 0 radical (unpaired) electrons. The number of hydrogen-bond donors (Lipinski definition) is 1. The minimum absolute atomic E-state index is 0.0959. The fraction of sp³-hybridized carbons (Fsp3) is 0.167. The molecule has 0 saturated carbocycles. The number of nitrogens with zero attached hydrogens (tertiary/aromatic N) is 3. The number of amides is 1. The fourth-order valence-corrected chi connectivity index (χ4v) is 3.16. The molecule has 0 aliphatic carbocycles. The number of aromatic nitrogens is 2. The van der Waals surface area contributed by atoms with E-state index < -0.39 is 5.82 Å². The molecule has 0 bridgehead atoms. The number of rotatable bonds is 6. The Hall–Kier alpha value is -2.84. The van der Waals surface area contributed by atoms with Crippen molar-refractivity contribution in [3.63, 3.8) is 0 Å². The Morgan fingerprint density at radius 2 is 1.96 bits per heavy atom. The monoisotopic (exact) mass is 424 g/mol. The zero-order valence-corrected chi connectivity index (χ0v) is 16.6. The van der Waals surface area contributed by atoms with Gasteiger partial charge in [-0.3, -0.25) is 4.79 Å². The molecule has 2 aromatic carbocycles. The van der Waals surface area contributed by atoms with Gasteiger partial charge in [0.15, 0.2) is 17.3 Å². The van der Waals surface area contributed by atoms with E-state index in [4.69, 9.17) is 32.7 Å². The van der Waals surface area contributed by atoms with Gasteiger partial charge in [-0.15, -0.1) is 0 Å². The molecule has 3 aromatic rings. The van der Waals surface area contributed by atoms with Crippen molar-refractivity contribution in [3.8, 4) is 11.5 Å². The van der Waals surface area contributed by atoms with Crippen molar-refractivity contribution in [1.82, 2.24) is 9.97 Å². The van der Waals surface area contributed by atoms with Gasteiger partial charge < -0.3 is 19.7 Å². The van der Waals surface area contributed by atoms with Crippen LogP contribution in [0.3, 0.4) is 0 Å². The SMILES string of the molecule is COc1cc2ncnc(N(C)c3ccc(Cl)c(Cl)c3F)c2c(NC=O)c1OC. The highest BCUT2D eigenvalue weighted by atomic mass is 35.5. The summed E-state index contributed by atoms with van der Waals surface area (Å²) in [6.45, 7) is 0. The van der Waals surface area contributed by atoms with E-state index >= 15 is 0 Å². The third-order valence-electron chi connectivity index (χ3n) is 4.15. The molecule has 28 heavy (non-hydrogen) atoms. The lowest BCUT2D eigenvalue weighted by Crippen LogP contribution is -2.15. The number of methoxy groups -OCH3 is 2. The average Bonchev–Trinajstić information content (AvgIpc) is 2.71. The van der Waals surface area contributed by atoms with E-state index in [9.17, 15) is 9.18 Å². The van der Waals surface area contributed by atoms with Crippen LogP contribution in [0.5, 0.6) is 11.5 Å². The molecule has 0 fully saturated rings. The molecular weight excluding hydrogens is 410 g/mol. The molecule has 0 aliphatic heterocycles. The first-order valence-electron chi connectivity index (χ1n) is 7.91. The lowest BCUT2D eigenvalue weighted by molar-refractivity contribution is -0.105. The largest absolute Gasteiger partial charge is 0.493 e. The number of hydrogen-bond acceptors (Lipinski definition) is 6. The van der Waals surface area contributed by atoms with E-state index in [1.807, 2.05) is 0 Å². The summed E-state index contributed by atoms with van der Waals surface area (Å²) in [5.74, 6) is 0.259. The summed E-state index contributed by atoms with van der Waals surface area (Å²) in [7, 11) is 4.50. The van der Waals surface area contributed by atoms with E-state index in [0.717, 1.165) is 0 Å². The minimum atomic E-state index is -0.700. The number of carbonyl (C=O) groups is 1. The highest BCUT2D eigenvalue weighted by Crippen LogP contribution is 2.45. The number of anilines is 3. The van der Waals surface area contributed by atoms with Gasteiger partial charge in [-0.25, -0.2) is 14.4 Å². The highest BCUT2D eigenvalue weighted by Gasteiger charge is 2.23. The molecule has 0 atom stereocenters. The second-order valence-electron chi connectivity index (χ2n) is 5.59. The number of nitrogens with one attached hydrogen (secondary N) is 1. The Bertz CT molecular complexity index is 1060. The van der Waals surface area contributed by atoms with Crippen LogP contribution >= 0.6 is 23.2 Å². The predicted molar refractivity (Wildman–Crippen MR) is 107 cm³/mol. The summed E-state index contributed by atoms with van der Waals surface area (Å²) < 4.78 is 25.4. The molecule has 1 heterocycles. The van der Waals surface area contributed by atoms with Crippen molar-refractivity contribution in [2.24, 2.45) is 0 Å². The molecule has 0 saturated heterocycles. The maximum atomic E-state index is 14.7. The summed E-state index contributed by atoms with van der Waals surface area (Å²) in [5.41, 5.74) is 0.885. The zero-order chi connectivity index (χ0) is 20.4. The molecule has 1 aromatic heterocycles. The Kier molecular flexibility index (Phi) is 5.71. The quantitative estimate of drug-likeness (QED) is 0.465. The topological polar surface area (TPSA) is 76.6 Å². The third-order valence-corrected chi connectivity index (χ3v) is 4.93. The van der Waals surface area contributed by atoms with E-state index in [0.29, 0.717) is 28.9 Å². The lowest BCUT2D eigenvalue weighted by atomic mass is 10.1. The zero-order valence-electron chi connectivity index (χ0n) is 15.1. The number of halogens is 3. The first kappa shape index (κ1) is 19.9. The number of fused-ring (bicyclic) bond motifs is 1. The van der Waals surface area contributed by atoms with E-state index in [1.54, 1.807) is 13.1 Å². The standard InChI is InChI=1S/C18H15Cl2FN4O3/c1-25(11-5-4-9(19)14(20)15(11)21)18-13-10(22-7-23-18)6-12(27-2)17(28-3)16(13)24-8-26/h4-8H,1-3H3,(H,24,26). The lowest BCUT2D eigenvalue weighted by Gasteiger charge is -2.23. The molecule has 0 aliphatic rings. The predicted octanol–water partition coefficient (Wildman–Crippen LogP) is 4.43. The Balaban J connectivity index is 2.33. The average molecular weight is 425 g/mol. The van der Waals surface area contributed by atoms with Crippen molar-refractivity contribution < 1.29 is 18.7 Å². The van der Waals surface area contributed by atoms with Gasteiger partial charge >= 0.3 is 0 Å². The van der Waals surface area contributed by atoms with Crippen LogP contribution in [-0.2, 0) is 4.79 Å². The van der Waals surface area contributed by atoms with Crippen LogP contribution < -0.4 is 19.7 Å². The van der Waals surface area contributed by atoms with Crippen LogP contribution in [0.15, 0.2) is 24.5 Å². The van der Waals surface area contributed by atoms with Crippen LogP contribution in [0.25, 0.3) is 10.9 Å². The smallest absolute Gasteiger partial charge is 0.211 e. The van der Waals surface area contributed by atoms with Gasteiger partial charge in [0.1, 0.15) is 17.8 Å². The van der Waals surface area contributed by atoms with E-state index in [-0.39, 0.29) is 27.2 Å². The van der Waals surface area contributed by atoms with Crippen molar-refractivity contribution in [3.05, 3.63) is 40.4 Å². The van der Waals surface area contributed by atoms with Crippen molar-refractivity contribution in [2.45, 2.75) is 0 Å². The van der Waals surface area contributed by atoms with Crippen molar-refractivity contribution in [2.75, 3.05) is 31.5 Å². The molecule has 10 heteroatoms. The summed E-state index contributed by atoms with van der Waals surface area (Å²) in [5, 5.41) is 2.92. The van der Waals surface area contributed by atoms with Crippen LogP contribution in [0, 0.1) is 5.82 Å². The number of carbonyl (C=O) groups excluding carboxylic acids is 1. The number of ether oxygens (including phenoxy) is 2. The van der Waals surface area contributed by atoms with Gasteiger partial charge in [-0.05, 0) is 12.1 Å². The normalized spacial score (nSPS) is 10.6. The second kappa shape index (κ2) is 8.04. The molecule has 0 unspecified atom stereocenters. The maximum absolute atomic E-state index is 14.7. The van der Waals surface area contributed by atoms with Crippen molar-refractivity contribution in [1.29, 1.82) is 0 Å². The van der Waals surface area contributed by atoms with Gasteiger partial charge in [0.25, 0.3) is 0 Å².